The molecule has 0 radical (unpaired) electrons. The van der Waals surface area contributed by atoms with Crippen LogP contribution < -0.4 is 16.8 Å². The number of nitrogens with one attached hydrogen (secondary N) is 1. The summed E-state index contributed by atoms with van der Waals surface area (Å²) in [5.74, 6) is -1.17. The number of aliphatic carboxylic acids is 1. The number of carboxylic acid groups (broad SMARTS) is 1. The summed E-state index contributed by atoms with van der Waals surface area (Å²) in [4.78, 5) is 38.3. The number of anilines is 2. The number of carboxylic acids is 1. The SMILES string of the molecule is Nc1nnc(SCC2=C(C(=O)O)N3C(=O)C(NC(=O)Cc4ccccc4N)[C@@H]3SC2)s1. The van der Waals surface area contributed by atoms with Crippen LogP contribution in [0.25, 0.3) is 0 Å². The number of nitrogen functional groups attached to an aromatic ring is 2. The summed E-state index contributed by atoms with van der Waals surface area (Å²) in [5, 5.41) is 20.0. The highest BCUT2D eigenvalue weighted by molar-refractivity contribution is 8.01. The fourth-order valence-corrected chi connectivity index (χ4v) is 6.44. The van der Waals surface area contributed by atoms with Crippen LogP contribution in [-0.2, 0) is 20.8 Å². The number of amides is 2. The molecular weight excluding hydrogens is 460 g/mol. The monoisotopic (exact) mass is 478 g/mol. The third kappa shape index (κ3) is 4.34. The maximum absolute atomic E-state index is 12.7. The average molecular weight is 479 g/mol. The van der Waals surface area contributed by atoms with Gasteiger partial charge in [-0.3, -0.25) is 14.5 Å². The number of hydrogen-bond donors (Lipinski definition) is 4. The molecule has 0 aliphatic carbocycles. The Hall–Kier alpha value is -2.77. The van der Waals surface area contributed by atoms with Crippen molar-refractivity contribution in [2.75, 3.05) is 23.0 Å². The van der Waals surface area contributed by atoms with Crippen LogP contribution in [0, 0.1) is 0 Å². The molecule has 2 atom stereocenters. The molecular formula is C18H18N6O4S3. The van der Waals surface area contributed by atoms with Gasteiger partial charge in [-0.1, -0.05) is 41.3 Å². The molecule has 1 saturated heterocycles. The number of carbonyl (C=O) groups is 3. The molecule has 162 valence electrons. The van der Waals surface area contributed by atoms with E-state index in [-0.39, 0.29) is 18.0 Å². The number of fused-ring (bicyclic) bond motifs is 1. The van der Waals surface area contributed by atoms with Crippen molar-refractivity contribution >= 4 is 63.5 Å². The van der Waals surface area contributed by atoms with Crippen molar-refractivity contribution in [2.24, 2.45) is 0 Å². The molecule has 4 rings (SSSR count). The quantitative estimate of drug-likeness (QED) is 0.254. The van der Waals surface area contributed by atoms with Gasteiger partial charge in [-0.15, -0.1) is 22.0 Å². The number of nitrogens with two attached hydrogens (primary N) is 2. The minimum Gasteiger partial charge on any atom is -0.477 e. The highest BCUT2D eigenvalue weighted by atomic mass is 32.2. The van der Waals surface area contributed by atoms with Crippen molar-refractivity contribution in [1.29, 1.82) is 0 Å². The van der Waals surface area contributed by atoms with E-state index in [2.05, 4.69) is 15.5 Å². The predicted molar refractivity (Wildman–Crippen MR) is 119 cm³/mol. The highest BCUT2D eigenvalue weighted by Gasteiger charge is 2.54. The number of para-hydroxylation sites is 1. The van der Waals surface area contributed by atoms with E-state index in [0.717, 1.165) is 0 Å². The van der Waals surface area contributed by atoms with Gasteiger partial charge in [-0.05, 0) is 17.2 Å². The number of aromatic nitrogens is 2. The Morgan fingerprint density at radius 1 is 1.29 bits per heavy atom. The summed E-state index contributed by atoms with van der Waals surface area (Å²) < 4.78 is 0.627. The Morgan fingerprint density at radius 2 is 2.06 bits per heavy atom. The summed E-state index contributed by atoms with van der Waals surface area (Å²) in [6.07, 6.45) is 0.0440. The molecule has 6 N–H and O–H groups in total. The third-order valence-electron chi connectivity index (χ3n) is 4.76. The van der Waals surface area contributed by atoms with Gasteiger partial charge in [0.1, 0.15) is 17.1 Å². The van der Waals surface area contributed by atoms with Crippen LogP contribution in [0.3, 0.4) is 0 Å². The van der Waals surface area contributed by atoms with E-state index in [1.165, 1.54) is 39.8 Å². The molecule has 13 heteroatoms. The van der Waals surface area contributed by atoms with Crippen molar-refractivity contribution in [3.8, 4) is 0 Å². The van der Waals surface area contributed by atoms with Crippen molar-refractivity contribution < 1.29 is 19.5 Å². The molecule has 2 amide bonds. The van der Waals surface area contributed by atoms with Gasteiger partial charge in [0.25, 0.3) is 5.91 Å². The number of benzene rings is 1. The molecule has 3 heterocycles. The van der Waals surface area contributed by atoms with Gasteiger partial charge in [0, 0.05) is 17.2 Å². The van der Waals surface area contributed by atoms with Crippen LogP contribution in [0.1, 0.15) is 5.56 Å². The van der Waals surface area contributed by atoms with Crippen LogP contribution >= 0.6 is 34.9 Å². The molecule has 1 fully saturated rings. The number of β-lactam (4-membered cyclic amide) rings is 1. The smallest absolute Gasteiger partial charge is 0.352 e. The van der Waals surface area contributed by atoms with E-state index in [1.807, 2.05) is 0 Å². The number of nitrogens with zero attached hydrogens (tertiary/aromatic N) is 3. The van der Waals surface area contributed by atoms with E-state index in [4.69, 9.17) is 11.5 Å². The first-order valence-electron chi connectivity index (χ1n) is 9.09. The Balaban J connectivity index is 1.43. The Labute approximate surface area is 189 Å². The molecule has 31 heavy (non-hydrogen) atoms. The van der Waals surface area contributed by atoms with Crippen LogP contribution in [0.4, 0.5) is 10.8 Å². The van der Waals surface area contributed by atoms with Crippen LogP contribution in [0.15, 0.2) is 39.9 Å². The normalized spacial score (nSPS) is 20.3. The van der Waals surface area contributed by atoms with Gasteiger partial charge in [-0.2, -0.15) is 0 Å². The summed E-state index contributed by atoms with van der Waals surface area (Å²) >= 11 is 3.96. The molecule has 1 aromatic heterocycles. The molecule has 0 bridgehead atoms. The minimum atomic E-state index is -1.17. The van der Waals surface area contributed by atoms with E-state index in [0.29, 0.717) is 37.8 Å². The van der Waals surface area contributed by atoms with Gasteiger partial charge < -0.3 is 21.9 Å². The molecule has 2 aromatic rings. The molecule has 1 unspecified atom stereocenters. The minimum absolute atomic E-state index is 0.0310. The summed E-state index contributed by atoms with van der Waals surface area (Å²) in [6, 6.07) is 6.24. The lowest BCUT2D eigenvalue weighted by Crippen LogP contribution is -2.70. The average Bonchev–Trinajstić information content (AvgIpc) is 3.16. The van der Waals surface area contributed by atoms with Crippen LogP contribution in [0.2, 0.25) is 0 Å². The number of hydrogen-bond acceptors (Lipinski definition) is 10. The standard InChI is InChI=1S/C18H18N6O4S3/c19-10-4-2-1-3-8(10)5-11(25)21-12-14(26)24-13(16(27)28)9(6-29-15(12)24)7-30-18-23-22-17(20)31-18/h1-4,12,15H,5-7,19H2,(H2,20,22)(H,21,25)(H,27,28)/t12?,15-/m0/s1. The molecule has 0 saturated carbocycles. The first kappa shape index (κ1) is 21.5. The fourth-order valence-electron chi connectivity index (χ4n) is 3.31. The van der Waals surface area contributed by atoms with Crippen molar-refractivity contribution in [3.63, 3.8) is 0 Å². The summed E-state index contributed by atoms with van der Waals surface area (Å²) in [5.41, 5.74) is 13.2. The highest BCUT2D eigenvalue weighted by Crippen LogP contribution is 2.41. The second-order valence-corrected chi connectivity index (χ2v) is 10.1. The van der Waals surface area contributed by atoms with Gasteiger partial charge >= 0.3 is 5.97 Å². The third-order valence-corrected chi connectivity index (χ3v) is 8.08. The van der Waals surface area contributed by atoms with E-state index >= 15 is 0 Å². The first-order chi connectivity index (χ1) is 14.8. The Kier molecular flexibility index (Phi) is 6.07. The predicted octanol–water partition coefficient (Wildman–Crippen LogP) is 0.776. The lowest BCUT2D eigenvalue weighted by atomic mass is 10.0. The van der Waals surface area contributed by atoms with Gasteiger partial charge in [0.2, 0.25) is 11.0 Å². The Bertz CT molecular complexity index is 1090. The zero-order chi connectivity index (χ0) is 22.1. The molecule has 1 aromatic carbocycles. The molecule has 10 nitrogen and oxygen atoms in total. The lowest BCUT2D eigenvalue weighted by molar-refractivity contribution is -0.150. The van der Waals surface area contributed by atoms with Gasteiger partial charge in [0.15, 0.2) is 4.34 Å². The van der Waals surface area contributed by atoms with E-state index < -0.39 is 23.3 Å². The van der Waals surface area contributed by atoms with Gasteiger partial charge in [0.05, 0.1) is 6.42 Å². The van der Waals surface area contributed by atoms with Crippen LogP contribution in [0.5, 0.6) is 0 Å². The van der Waals surface area contributed by atoms with Crippen molar-refractivity contribution in [2.45, 2.75) is 22.2 Å². The number of carbonyl (C=O) groups excluding carboxylic acids is 2. The summed E-state index contributed by atoms with van der Waals surface area (Å²) in [6.45, 7) is 0. The zero-order valence-electron chi connectivity index (χ0n) is 16.0. The van der Waals surface area contributed by atoms with E-state index in [1.54, 1.807) is 24.3 Å². The van der Waals surface area contributed by atoms with Crippen molar-refractivity contribution in [1.82, 2.24) is 20.4 Å². The first-order valence-corrected chi connectivity index (χ1v) is 11.9. The van der Waals surface area contributed by atoms with E-state index in [9.17, 15) is 19.5 Å². The molecule has 2 aliphatic heterocycles. The van der Waals surface area contributed by atoms with Crippen LogP contribution in [-0.4, -0.2) is 60.9 Å². The lowest BCUT2D eigenvalue weighted by Gasteiger charge is -2.49. The maximum Gasteiger partial charge on any atom is 0.352 e. The second-order valence-electron chi connectivity index (χ2n) is 6.78. The molecule has 2 aliphatic rings. The second kappa shape index (κ2) is 8.77. The Morgan fingerprint density at radius 3 is 2.74 bits per heavy atom. The molecule has 0 spiro atoms. The topological polar surface area (TPSA) is 165 Å². The van der Waals surface area contributed by atoms with Crippen molar-refractivity contribution in [3.05, 3.63) is 41.1 Å². The maximum atomic E-state index is 12.7. The zero-order valence-corrected chi connectivity index (χ0v) is 18.4. The largest absolute Gasteiger partial charge is 0.477 e. The number of rotatable bonds is 7. The summed E-state index contributed by atoms with van der Waals surface area (Å²) in [7, 11) is 0. The van der Waals surface area contributed by atoms with Gasteiger partial charge in [-0.25, -0.2) is 4.79 Å². The number of thioether (sulfide) groups is 2. The fraction of sp³-hybridized carbons (Fsp3) is 0.278.